The van der Waals surface area contributed by atoms with Crippen LogP contribution in [0.3, 0.4) is 0 Å². The number of amides is 2. The Morgan fingerprint density at radius 1 is 0.692 bits per heavy atom. The van der Waals surface area contributed by atoms with Crippen LogP contribution in [-0.2, 0) is 16.0 Å². The van der Waals surface area contributed by atoms with Gasteiger partial charge >= 0.3 is 0 Å². The first-order valence-electron chi connectivity index (χ1n) is 10.3. The van der Waals surface area contributed by atoms with Crippen molar-refractivity contribution in [1.82, 2.24) is 10.9 Å². The molecule has 0 atom stereocenters. The fourth-order valence-electron chi connectivity index (χ4n) is 2.98. The number of benzene rings is 1. The Labute approximate surface area is 159 Å². The normalized spacial score (nSPS) is 10.5. The van der Waals surface area contributed by atoms with Crippen molar-refractivity contribution in [1.29, 1.82) is 0 Å². The fraction of sp³-hybridized carbons (Fsp3) is 0.636. The van der Waals surface area contributed by atoms with E-state index in [1.54, 1.807) is 0 Å². The van der Waals surface area contributed by atoms with E-state index in [0.717, 1.165) is 18.4 Å². The molecule has 0 bridgehead atoms. The Morgan fingerprint density at radius 2 is 1.19 bits per heavy atom. The van der Waals surface area contributed by atoms with Gasteiger partial charge in [0.15, 0.2) is 0 Å². The van der Waals surface area contributed by atoms with Gasteiger partial charge in [-0.05, 0) is 12.0 Å². The summed E-state index contributed by atoms with van der Waals surface area (Å²) in [6, 6.07) is 9.50. The van der Waals surface area contributed by atoms with Gasteiger partial charge in [-0.1, -0.05) is 101 Å². The van der Waals surface area contributed by atoms with Gasteiger partial charge in [0.2, 0.25) is 11.8 Å². The van der Waals surface area contributed by atoms with Gasteiger partial charge in [0.05, 0.1) is 6.42 Å². The van der Waals surface area contributed by atoms with Gasteiger partial charge in [-0.2, -0.15) is 0 Å². The summed E-state index contributed by atoms with van der Waals surface area (Å²) in [6.07, 6.45) is 14.7. The molecule has 0 saturated heterocycles. The molecule has 1 aromatic rings. The van der Waals surface area contributed by atoms with Crippen molar-refractivity contribution in [2.45, 2.75) is 90.4 Å². The molecule has 0 aliphatic carbocycles. The van der Waals surface area contributed by atoms with Gasteiger partial charge in [0.1, 0.15) is 0 Å². The summed E-state index contributed by atoms with van der Waals surface area (Å²) < 4.78 is 0. The van der Waals surface area contributed by atoms with E-state index < -0.39 is 0 Å². The largest absolute Gasteiger partial charge is 0.273 e. The third-order valence-electron chi connectivity index (χ3n) is 4.56. The van der Waals surface area contributed by atoms with E-state index in [4.69, 9.17) is 0 Å². The first kappa shape index (κ1) is 22.2. The maximum atomic E-state index is 11.8. The minimum absolute atomic E-state index is 0.109. The van der Waals surface area contributed by atoms with Crippen LogP contribution in [0.5, 0.6) is 0 Å². The Balaban J connectivity index is 1.90. The van der Waals surface area contributed by atoms with Crippen LogP contribution in [-0.4, -0.2) is 11.8 Å². The molecule has 0 aliphatic heterocycles. The summed E-state index contributed by atoms with van der Waals surface area (Å²) >= 11 is 0. The highest BCUT2D eigenvalue weighted by Gasteiger charge is 2.05. The van der Waals surface area contributed by atoms with Crippen LogP contribution in [0.15, 0.2) is 30.3 Å². The van der Waals surface area contributed by atoms with E-state index in [0.29, 0.717) is 6.42 Å². The Morgan fingerprint density at radius 3 is 1.77 bits per heavy atom. The zero-order valence-corrected chi connectivity index (χ0v) is 16.4. The van der Waals surface area contributed by atoms with E-state index in [-0.39, 0.29) is 18.2 Å². The minimum Gasteiger partial charge on any atom is -0.273 e. The van der Waals surface area contributed by atoms with Crippen LogP contribution in [0, 0.1) is 0 Å². The molecule has 0 heterocycles. The van der Waals surface area contributed by atoms with Gasteiger partial charge in [0, 0.05) is 6.42 Å². The van der Waals surface area contributed by atoms with E-state index in [1.165, 1.54) is 57.8 Å². The lowest BCUT2D eigenvalue weighted by molar-refractivity contribution is -0.128. The molecule has 2 amide bonds. The lowest BCUT2D eigenvalue weighted by Gasteiger charge is -2.07. The van der Waals surface area contributed by atoms with Crippen molar-refractivity contribution in [3.63, 3.8) is 0 Å². The van der Waals surface area contributed by atoms with E-state index in [2.05, 4.69) is 17.8 Å². The Bertz CT molecular complexity index is 488. The van der Waals surface area contributed by atoms with Gasteiger partial charge in [-0.15, -0.1) is 0 Å². The fourth-order valence-corrected chi connectivity index (χ4v) is 2.98. The number of hydrogen-bond acceptors (Lipinski definition) is 2. The van der Waals surface area contributed by atoms with Crippen LogP contribution in [0.2, 0.25) is 0 Å². The molecule has 0 spiro atoms. The lowest BCUT2D eigenvalue weighted by Crippen LogP contribution is -2.42. The monoisotopic (exact) mass is 360 g/mol. The zero-order valence-electron chi connectivity index (χ0n) is 16.4. The molecular formula is C22H36N2O2. The molecule has 1 aromatic carbocycles. The molecule has 1 rings (SSSR count). The molecule has 0 radical (unpaired) electrons. The average molecular weight is 361 g/mol. The second kappa shape index (κ2) is 15.4. The number of nitrogens with one attached hydrogen (secondary N) is 2. The molecule has 146 valence electrons. The van der Waals surface area contributed by atoms with Crippen molar-refractivity contribution in [3.05, 3.63) is 35.9 Å². The topological polar surface area (TPSA) is 58.2 Å². The highest BCUT2D eigenvalue weighted by atomic mass is 16.2. The van der Waals surface area contributed by atoms with E-state index >= 15 is 0 Å². The van der Waals surface area contributed by atoms with Gasteiger partial charge in [0.25, 0.3) is 0 Å². The first-order chi connectivity index (χ1) is 12.7. The SMILES string of the molecule is CCCCCCCCCCCCCC(=O)NNC(=O)Cc1ccccc1. The van der Waals surface area contributed by atoms with Crippen LogP contribution in [0.25, 0.3) is 0 Å². The number of hydrazine groups is 1. The zero-order chi connectivity index (χ0) is 18.9. The molecule has 4 nitrogen and oxygen atoms in total. The predicted octanol–water partition coefficient (Wildman–Crippen LogP) is 5.08. The Hall–Kier alpha value is -1.84. The number of hydrogen-bond donors (Lipinski definition) is 2. The third kappa shape index (κ3) is 12.5. The second-order valence-corrected chi connectivity index (χ2v) is 7.04. The molecule has 4 heteroatoms. The number of carbonyl (C=O) groups excluding carboxylic acids is 2. The summed E-state index contributed by atoms with van der Waals surface area (Å²) in [6.45, 7) is 2.25. The quantitative estimate of drug-likeness (QED) is 0.359. The van der Waals surface area contributed by atoms with Crippen molar-refractivity contribution in [2.75, 3.05) is 0 Å². The summed E-state index contributed by atoms with van der Waals surface area (Å²) in [7, 11) is 0. The average Bonchev–Trinajstić information content (AvgIpc) is 2.65. The van der Waals surface area contributed by atoms with E-state index in [1.807, 2.05) is 30.3 Å². The van der Waals surface area contributed by atoms with Crippen LogP contribution in [0.4, 0.5) is 0 Å². The number of unbranched alkanes of at least 4 members (excludes halogenated alkanes) is 10. The number of rotatable bonds is 14. The van der Waals surface area contributed by atoms with Gasteiger partial charge in [-0.3, -0.25) is 20.4 Å². The molecule has 2 N–H and O–H groups in total. The van der Waals surface area contributed by atoms with E-state index in [9.17, 15) is 9.59 Å². The summed E-state index contributed by atoms with van der Waals surface area (Å²) in [5, 5.41) is 0. The summed E-state index contributed by atoms with van der Waals surface area (Å²) in [5.74, 6) is -0.300. The van der Waals surface area contributed by atoms with Crippen LogP contribution in [0.1, 0.15) is 89.5 Å². The summed E-state index contributed by atoms with van der Waals surface area (Å²) in [5.41, 5.74) is 5.92. The third-order valence-corrected chi connectivity index (χ3v) is 4.56. The molecular weight excluding hydrogens is 324 g/mol. The lowest BCUT2D eigenvalue weighted by atomic mass is 10.1. The smallest absolute Gasteiger partial charge is 0.242 e. The standard InChI is InChI=1S/C22H36N2O2/c1-2-3-4-5-6-7-8-9-10-11-15-18-21(25)23-24-22(26)19-20-16-13-12-14-17-20/h12-14,16-17H,2-11,15,18-19H2,1H3,(H,23,25)(H,24,26). The van der Waals surface area contributed by atoms with Crippen molar-refractivity contribution in [3.8, 4) is 0 Å². The maximum Gasteiger partial charge on any atom is 0.242 e. The molecule has 0 fully saturated rings. The van der Waals surface area contributed by atoms with Crippen molar-refractivity contribution in [2.24, 2.45) is 0 Å². The van der Waals surface area contributed by atoms with Gasteiger partial charge in [-0.25, -0.2) is 0 Å². The molecule has 0 aromatic heterocycles. The highest BCUT2D eigenvalue weighted by Crippen LogP contribution is 2.11. The van der Waals surface area contributed by atoms with Gasteiger partial charge < -0.3 is 0 Å². The molecule has 0 unspecified atom stereocenters. The highest BCUT2D eigenvalue weighted by molar-refractivity contribution is 5.83. The molecule has 0 aliphatic rings. The maximum absolute atomic E-state index is 11.8. The van der Waals surface area contributed by atoms with Crippen molar-refractivity contribution < 1.29 is 9.59 Å². The van der Waals surface area contributed by atoms with Crippen LogP contribution < -0.4 is 10.9 Å². The first-order valence-corrected chi connectivity index (χ1v) is 10.3. The summed E-state index contributed by atoms with van der Waals surface area (Å²) in [4.78, 5) is 23.5. The minimum atomic E-state index is -0.191. The van der Waals surface area contributed by atoms with Crippen molar-refractivity contribution >= 4 is 11.8 Å². The Kier molecular flexibility index (Phi) is 13.2. The van der Waals surface area contributed by atoms with Crippen LogP contribution >= 0.6 is 0 Å². The predicted molar refractivity (Wildman–Crippen MR) is 108 cm³/mol. The second-order valence-electron chi connectivity index (χ2n) is 7.04. The number of carbonyl (C=O) groups is 2. The molecule has 0 saturated carbocycles. The molecule has 26 heavy (non-hydrogen) atoms.